The molecule has 132 valence electrons. The zero-order valence-corrected chi connectivity index (χ0v) is 14.3. The molecule has 2 atom stereocenters. The summed E-state index contributed by atoms with van der Waals surface area (Å²) in [6.45, 7) is 2.30. The molecule has 7 nitrogen and oxygen atoms in total. The Morgan fingerprint density at radius 1 is 1.36 bits per heavy atom. The van der Waals surface area contributed by atoms with Crippen LogP contribution in [0.5, 0.6) is 0 Å². The summed E-state index contributed by atoms with van der Waals surface area (Å²) in [5.74, 6) is 0.630. The summed E-state index contributed by atoms with van der Waals surface area (Å²) in [5, 5.41) is 24.2. The van der Waals surface area contributed by atoms with Crippen LogP contribution >= 0.6 is 0 Å². The van der Waals surface area contributed by atoms with Gasteiger partial charge in [0, 0.05) is 6.54 Å². The molecule has 7 heteroatoms. The molecule has 1 aromatic carbocycles. The zero-order chi connectivity index (χ0) is 17.6. The second-order valence-electron chi connectivity index (χ2n) is 6.47. The van der Waals surface area contributed by atoms with E-state index in [1.165, 1.54) is 4.68 Å². The van der Waals surface area contributed by atoms with Crippen molar-refractivity contribution in [3.05, 3.63) is 41.7 Å². The number of nitrogens with one attached hydrogen (secondary N) is 1. The van der Waals surface area contributed by atoms with Crippen molar-refractivity contribution in [1.82, 2.24) is 25.5 Å². The van der Waals surface area contributed by atoms with Crippen molar-refractivity contribution < 1.29 is 9.90 Å². The molecule has 2 unspecified atom stereocenters. The first-order valence-electron chi connectivity index (χ1n) is 8.62. The number of rotatable bonds is 5. The summed E-state index contributed by atoms with van der Waals surface area (Å²) in [5.41, 5.74) is 1.28. The molecule has 0 aliphatic heterocycles. The SMILES string of the molecule is Cc1nnnn1C(=Cc1ccccc1)C(=O)NCC1CCCC(O)C1. The Morgan fingerprint density at radius 3 is 2.84 bits per heavy atom. The number of aryl methyl sites for hydroxylation is 1. The van der Waals surface area contributed by atoms with Crippen LogP contribution in [0.15, 0.2) is 30.3 Å². The lowest BCUT2D eigenvalue weighted by Gasteiger charge is -2.26. The highest BCUT2D eigenvalue weighted by molar-refractivity contribution is 6.18. The minimum atomic E-state index is -0.253. The van der Waals surface area contributed by atoms with Crippen LogP contribution in [0.1, 0.15) is 37.1 Å². The molecular weight excluding hydrogens is 318 g/mol. The summed E-state index contributed by atoms with van der Waals surface area (Å²) in [4.78, 5) is 12.8. The summed E-state index contributed by atoms with van der Waals surface area (Å²) in [6.07, 6.45) is 5.14. The van der Waals surface area contributed by atoms with Gasteiger partial charge in [-0.2, -0.15) is 4.68 Å². The largest absolute Gasteiger partial charge is 0.393 e. The van der Waals surface area contributed by atoms with Crippen LogP contribution in [0.25, 0.3) is 11.8 Å². The van der Waals surface area contributed by atoms with Gasteiger partial charge in [0.1, 0.15) is 5.70 Å². The smallest absolute Gasteiger partial charge is 0.270 e. The molecule has 1 saturated carbocycles. The number of tetrazole rings is 1. The Hall–Kier alpha value is -2.54. The molecular formula is C18H23N5O2. The van der Waals surface area contributed by atoms with E-state index in [-0.39, 0.29) is 12.0 Å². The normalized spacial score (nSPS) is 21.1. The van der Waals surface area contributed by atoms with Crippen LogP contribution < -0.4 is 5.32 Å². The van der Waals surface area contributed by atoms with Gasteiger partial charge in [0.25, 0.3) is 5.91 Å². The maximum absolute atomic E-state index is 12.8. The van der Waals surface area contributed by atoms with Crippen LogP contribution in [0.4, 0.5) is 0 Å². The third kappa shape index (κ3) is 4.51. The molecule has 3 rings (SSSR count). The van der Waals surface area contributed by atoms with Crippen molar-refractivity contribution in [2.75, 3.05) is 6.54 Å². The van der Waals surface area contributed by atoms with E-state index in [2.05, 4.69) is 20.8 Å². The highest BCUT2D eigenvalue weighted by atomic mass is 16.3. The fourth-order valence-electron chi connectivity index (χ4n) is 3.16. The summed E-state index contributed by atoms with van der Waals surface area (Å²) >= 11 is 0. The monoisotopic (exact) mass is 341 g/mol. The molecule has 2 aromatic rings. The molecule has 0 saturated heterocycles. The van der Waals surface area contributed by atoms with Crippen molar-refractivity contribution in [2.24, 2.45) is 5.92 Å². The average Bonchev–Trinajstić information content (AvgIpc) is 3.04. The first-order chi connectivity index (χ1) is 12.1. The van der Waals surface area contributed by atoms with Gasteiger partial charge in [-0.05, 0) is 54.2 Å². The Bertz CT molecular complexity index is 741. The number of amides is 1. The molecule has 0 radical (unpaired) electrons. The van der Waals surface area contributed by atoms with Crippen molar-refractivity contribution >= 4 is 17.7 Å². The second kappa shape index (κ2) is 8.02. The van der Waals surface area contributed by atoms with Crippen LogP contribution in [-0.2, 0) is 4.79 Å². The summed E-state index contributed by atoms with van der Waals surface area (Å²) in [6, 6.07) is 9.59. The number of aromatic nitrogens is 4. The molecule has 0 bridgehead atoms. The Kier molecular flexibility index (Phi) is 5.55. The van der Waals surface area contributed by atoms with Crippen molar-refractivity contribution in [3.63, 3.8) is 0 Å². The second-order valence-corrected chi connectivity index (χ2v) is 6.47. The summed E-state index contributed by atoms with van der Waals surface area (Å²) in [7, 11) is 0. The van der Waals surface area contributed by atoms with Gasteiger partial charge < -0.3 is 10.4 Å². The van der Waals surface area contributed by atoms with E-state index >= 15 is 0 Å². The van der Waals surface area contributed by atoms with Gasteiger partial charge in [0.15, 0.2) is 5.82 Å². The number of carbonyl (C=O) groups is 1. The zero-order valence-electron chi connectivity index (χ0n) is 14.3. The van der Waals surface area contributed by atoms with E-state index in [4.69, 9.17) is 0 Å². The van der Waals surface area contributed by atoms with E-state index in [1.807, 2.05) is 30.3 Å². The molecule has 25 heavy (non-hydrogen) atoms. The van der Waals surface area contributed by atoms with Crippen molar-refractivity contribution in [3.8, 4) is 0 Å². The fraction of sp³-hybridized carbons (Fsp3) is 0.444. The highest BCUT2D eigenvalue weighted by Gasteiger charge is 2.22. The van der Waals surface area contributed by atoms with Crippen LogP contribution in [0.3, 0.4) is 0 Å². The fourth-order valence-corrected chi connectivity index (χ4v) is 3.16. The van der Waals surface area contributed by atoms with Crippen LogP contribution in [0, 0.1) is 12.8 Å². The third-order valence-corrected chi connectivity index (χ3v) is 4.50. The van der Waals surface area contributed by atoms with Crippen molar-refractivity contribution in [1.29, 1.82) is 0 Å². The topological polar surface area (TPSA) is 92.9 Å². The molecule has 1 heterocycles. The molecule has 1 aliphatic carbocycles. The van der Waals surface area contributed by atoms with E-state index in [9.17, 15) is 9.90 Å². The lowest BCUT2D eigenvalue weighted by Crippen LogP contribution is -2.34. The lowest BCUT2D eigenvalue weighted by atomic mass is 9.87. The van der Waals surface area contributed by atoms with Crippen molar-refractivity contribution in [2.45, 2.75) is 38.7 Å². The summed E-state index contributed by atoms with van der Waals surface area (Å²) < 4.78 is 1.44. The maximum atomic E-state index is 12.8. The van der Waals surface area contributed by atoms with Crippen LogP contribution in [-0.4, -0.2) is 43.9 Å². The van der Waals surface area contributed by atoms with Gasteiger partial charge >= 0.3 is 0 Å². The van der Waals surface area contributed by atoms with Gasteiger partial charge in [-0.25, -0.2) is 0 Å². The molecule has 1 aromatic heterocycles. The Labute approximate surface area is 146 Å². The molecule has 0 spiro atoms. The van der Waals surface area contributed by atoms with Gasteiger partial charge in [0.2, 0.25) is 0 Å². The molecule has 1 amide bonds. The number of nitrogens with zero attached hydrogens (tertiary/aromatic N) is 4. The minimum absolute atomic E-state index is 0.223. The number of hydrogen-bond acceptors (Lipinski definition) is 5. The van der Waals surface area contributed by atoms with Gasteiger partial charge in [-0.15, -0.1) is 5.10 Å². The number of hydrogen-bond donors (Lipinski definition) is 2. The van der Waals surface area contributed by atoms with E-state index in [0.717, 1.165) is 31.2 Å². The highest BCUT2D eigenvalue weighted by Crippen LogP contribution is 2.23. The maximum Gasteiger partial charge on any atom is 0.270 e. The molecule has 1 fully saturated rings. The van der Waals surface area contributed by atoms with Gasteiger partial charge in [0.05, 0.1) is 6.10 Å². The molecule has 1 aliphatic rings. The quantitative estimate of drug-likeness (QED) is 0.807. The third-order valence-electron chi connectivity index (χ3n) is 4.50. The predicted octanol–water partition coefficient (Wildman–Crippen LogP) is 1.65. The van der Waals surface area contributed by atoms with Crippen LogP contribution in [0.2, 0.25) is 0 Å². The van der Waals surface area contributed by atoms with E-state index < -0.39 is 0 Å². The number of aliphatic hydroxyl groups is 1. The van der Waals surface area contributed by atoms with Gasteiger partial charge in [-0.3, -0.25) is 4.79 Å². The Morgan fingerprint density at radius 2 is 2.16 bits per heavy atom. The van der Waals surface area contributed by atoms with E-state index in [1.54, 1.807) is 13.0 Å². The lowest BCUT2D eigenvalue weighted by molar-refractivity contribution is -0.116. The first kappa shape index (κ1) is 17.3. The number of aliphatic hydroxyl groups excluding tert-OH is 1. The Balaban J connectivity index is 1.76. The average molecular weight is 341 g/mol. The predicted molar refractivity (Wildman–Crippen MR) is 94.1 cm³/mol. The number of carbonyl (C=O) groups excluding carboxylic acids is 1. The minimum Gasteiger partial charge on any atom is -0.393 e. The standard InChI is InChI=1S/C18H23N5O2/c1-13-20-21-22-23(13)17(11-14-6-3-2-4-7-14)18(25)19-12-15-8-5-9-16(24)10-15/h2-4,6-7,11,15-16,24H,5,8-10,12H2,1H3,(H,19,25). The molecule has 2 N–H and O–H groups in total. The first-order valence-corrected chi connectivity index (χ1v) is 8.62. The van der Waals surface area contributed by atoms with E-state index in [0.29, 0.717) is 24.0 Å². The number of benzene rings is 1. The van der Waals surface area contributed by atoms with Gasteiger partial charge in [-0.1, -0.05) is 36.8 Å².